The van der Waals surface area contributed by atoms with Crippen molar-refractivity contribution in [1.29, 1.82) is 0 Å². The first-order valence-electron chi connectivity index (χ1n) is 6.95. The van der Waals surface area contributed by atoms with Crippen molar-refractivity contribution in [2.24, 2.45) is 7.05 Å². The Morgan fingerprint density at radius 2 is 2.00 bits per heavy atom. The molecular formula is C16H22N2O. The van der Waals surface area contributed by atoms with Crippen LogP contribution in [-0.4, -0.2) is 14.9 Å². The monoisotopic (exact) mass is 258 g/mol. The molecule has 0 bridgehead atoms. The summed E-state index contributed by atoms with van der Waals surface area (Å²) in [6, 6.07) is 10.4. The summed E-state index contributed by atoms with van der Waals surface area (Å²) in [6.45, 7) is 2.07. The van der Waals surface area contributed by atoms with E-state index in [2.05, 4.69) is 36.3 Å². The first-order valence-corrected chi connectivity index (χ1v) is 6.95. The van der Waals surface area contributed by atoms with Crippen LogP contribution in [0.25, 0.3) is 0 Å². The van der Waals surface area contributed by atoms with Crippen molar-refractivity contribution in [1.82, 2.24) is 9.78 Å². The number of nitrogens with zero attached hydrogens (tertiary/aromatic N) is 2. The third kappa shape index (κ3) is 3.67. The van der Waals surface area contributed by atoms with E-state index in [-0.39, 0.29) is 0 Å². The van der Waals surface area contributed by atoms with Gasteiger partial charge in [-0.15, -0.1) is 0 Å². The van der Waals surface area contributed by atoms with Crippen molar-refractivity contribution in [3.05, 3.63) is 53.3 Å². The Bertz CT molecular complexity index is 505. The summed E-state index contributed by atoms with van der Waals surface area (Å²) in [4.78, 5) is 0. The number of benzene rings is 1. The molecule has 0 aliphatic heterocycles. The lowest BCUT2D eigenvalue weighted by atomic mass is 10.0. The first-order chi connectivity index (χ1) is 9.20. The van der Waals surface area contributed by atoms with Gasteiger partial charge in [0.15, 0.2) is 0 Å². The second kappa shape index (κ2) is 6.53. The molecule has 0 radical (unpaired) electrons. The summed E-state index contributed by atoms with van der Waals surface area (Å²) in [6.07, 6.45) is 5.20. The van der Waals surface area contributed by atoms with Crippen LogP contribution < -0.4 is 0 Å². The van der Waals surface area contributed by atoms with Crippen molar-refractivity contribution in [2.75, 3.05) is 0 Å². The van der Waals surface area contributed by atoms with Gasteiger partial charge >= 0.3 is 0 Å². The van der Waals surface area contributed by atoms with Crippen LogP contribution in [0.3, 0.4) is 0 Å². The van der Waals surface area contributed by atoms with E-state index in [0.29, 0.717) is 0 Å². The molecule has 0 spiro atoms. The van der Waals surface area contributed by atoms with E-state index in [1.165, 1.54) is 5.56 Å². The molecule has 102 valence electrons. The third-order valence-corrected chi connectivity index (χ3v) is 3.42. The van der Waals surface area contributed by atoms with E-state index < -0.39 is 6.10 Å². The van der Waals surface area contributed by atoms with Gasteiger partial charge in [0.05, 0.1) is 11.8 Å². The summed E-state index contributed by atoms with van der Waals surface area (Å²) < 4.78 is 1.79. The van der Waals surface area contributed by atoms with Gasteiger partial charge < -0.3 is 5.11 Å². The minimum Gasteiger partial charge on any atom is -0.388 e. The molecule has 1 heterocycles. The molecule has 1 aromatic carbocycles. The average molecular weight is 258 g/mol. The Balaban J connectivity index is 1.89. The van der Waals surface area contributed by atoms with Crippen LogP contribution >= 0.6 is 0 Å². The molecule has 1 aromatic heterocycles. The summed E-state index contributed by atoms with van der Waals surface area (Å²) in [5.41, 5.74) is 3.32. The van der Waals surface area contributed by atoms with Crippen LogP contribution in [0.1, 0.15) is 42.7 Å². The van der Waals surface area contributed by atoms with E-state index >= 15 is 0 Å². The van der Waals surface area contributed by atoms with Gasteiger partial charge in [0, 0.05) is 18.8 Å². The van der Waals surface area contributed by atoms with Crippen LogP contribution in [0, 0.1) is 0 Å². The third-order valence-electron chi connectivity index (χ3n) is 3.42. The molecule has 0 amide bonds. The Kier molecular flexibility index (Phi) is 4.74. The number of rotatable bonds is 6. The fraction of sp³-hybridized carbons (Fsp3) is 0.438. The molecule has 0 saturated heterocycles. The molecule has 3 heteroatoms. The van der Waals surface area contributed by atoms with Crippen molar-refractivity contribution in [2.45, 2.75) is 38.7 Å². The highest BCUT2D eigenvalue weighted by molar-refractivity contribution is 5.20. The molecule has 3 nitrogen and oxygen atoms in total. The number of hydrogen-bond acceptors (Lipinski definition) is 2. The zero-order valence-electron chi connectivity index (χ0n) is 11.7. The number of aromatic nitrogens is 2. The average Bonchev–Trinajstić information content (AvgIpc) is 2.81. The summed E-state index contributed by atoms with van der Waals surface area (Å²) in [7, 11) is 1.90. The second-order valence-electron chi connectivity index (χ2n) is 4.95. The lowest BCUT2D eigenvalue weighted by Crippen LogP contribution is -2.00. The second-order valence-corrected chi connectivity index (χ2v) is 4.95. The summed E-state index contributed by atoms with van der Waals surface area (Å²) in [5.74, 6) is 0. The molecule has 0 aliphatic carbocycles. The van der Waals surface area contributed by atoms with Gasteiger partial charge in [-0.05, 0) is 31.2 Å². The standard InChI is InChI=1S/C16H22N2O/c1-3-15-14(12-18(2)17-15)16(19)11-7-10-13-8-5-4-6-9-13/h4-6,8-9,12,16,19H,3,7,10-11H2,1-2H3. The van der Waals surface area contributed by atoms with Gasteiger partial charge in [-0.2, -0.15) is 5.10 Å². The maximum Gasteiger partial charge on any atom is 0.0823 e. The first kappa shape index (κ1) is 13.8. The largest absolute Gasteiger partial charge is 0.388 e. The predicted molar refractivity (Wildman–Crippen MR) is 76.9 cm³/mol. The maximum absolute atomic E-state index is 10.3. The van der Waals surface area contributed by atoms with Crippen molar-refractivity contribution in [3.63, 3.8) is 0 Å². The molecular weight excluding hydrogens is 236 g/mol. The molecule has 0 aliphatic rings. The smallest absolute Gasteiger partial charge is 0.0823 e. The Hall–Kier alpha value is -1.61. The van der Waals surface area contributed by atoms with E-state index in [1.807, 2.05) is 19.3 Å². The van der Waals surface area contributed by atoms with Crippen LogP contribution in [0.2, 0.25) is 0 Å². The number of aryl methyl sites for hydroxylation is 3. The molecule has 1 N–H and O–H groups in total. The van der Waals surface area contributed by atoms with E-state index in [1.54, 1.807) is 4.68 Å². The molecule has 2 rings (SSSR count). The van der Waals surface area contributed by atoms with Crippen LogP contribution in [0.4, 0.5) is 0 Å². The highest BCUT2D eigenvalue weighted by atomic mass is 16.3. The summed E-state index contributed by atoms with van der Waals surface area (Å²) in [5, 5.41) is 14.6. The molecule has 1 unspecified atom stereocenters. The lowest BCUT2D eigenvalue weighted by Gasteiger charge is -2.10. The normalized spacial score (nSPS) is 12.6. The zero-order valence-corrected chi connectivity index (χ0v) is 11.7. The van der Waals surface area contributed by atoms with Gasteiger partial charge in [-0.3, -0.25) is 4.68 Å². The number of hydrogen-bond donors (Lipinski definition) is 1. The highest BCUT2D eigenvalue weighted by Gasteiger charge is 2.14. The van der Waals surface area contributed by atoms with E-state index in [9.17, 15) is 5.11 Å². The van der Waals surface area contributed by atoms with E-state index in [4.69, 9.17) is 0 Å². The fourth-order valence-electron chi connectivity index (χ4n) is 2.41. The Labute approximate surface area is 114 Å². The Morgan fingerprint density at radius 1 is 1.26 bits per heavy atom. The van der Waals surface area contributed by atoms with Gasteiger partial charge in [0.2, 0.25) is 0 Å². The van der Waals surface area contributed by atoms with Crippen molar-refractivity contribution in [3.8, 4) is 0 Å². The minimum atomic E-state index is -0.396. The van der Waals surface area contributed by atoms with E-state index in [0.717, 1.165) is 36.9 Å². The number of aliphatic hydroxyl groups excluding tert-OH is 1. The van der Waals surface area contributed by atoms with Gasteiger partial charge in [-0.1, -0.05) is 37.3 Å². The molecule has 2 aromatic rings. The van der Waals surface area contributed by atoms with Crippen LogP contribution in [0.15, 0.2) is 36.5 Å². The number of aliphatic hydroxyl groups is 1. The molecule has 0 fully saturated rings. The molecule has 1 atom stereocenters. The lowest BCUT2D eigenvalue weighted by molar-refractivity contribution is 0.163. The molecule has 0 saturated carbocycles. The minimum absolute atomic E-state index is 0.396. The Morgan fingerprint density at radius 3 is 2.68 bits per heavy atom. The van der Waals surface area contributed by atoms with Crippen molar-refractivity contribution >= 4 is 0 Å². The van der Waals surface area contributed by atoms with Crippen molar-refractivity contribution < 1.29 is 5.11 Å². The van der Waals surface area contributed by atoms with Gasteiger partial charge in [0.1, 0.15) is 0 Å². The van der Waals surface area contributed by atoms with Gasteiger partial charge in [0.25, 0.3) is 0 Å². The van der Waals surface area contributed by atoms with Crippen LogP contribution in [-0.2, 0) is 19.9 Å². The highest BCUT2D eigenvalue weighted by Crippen LogP contribution is 2.22. The quantitative estimate of drug-likeness (QED) is 0.865. The fourth-order valence-corrected chi connectivity index (χ4v) is 2.41. The predicted octanol–water partition coefficient (Wildman–Crippen LogP) is 3.04. The molecule has 19 heavy (non-hydrogen) atoms. The summed E-state index contributed by atoms with van der Waals surface area (Å²) >= 11 is 0. The maximum atomic E-state index is 10.3. The van der Waals surface area contributed by atoms with Gasteiger partial charge in [-0.25, -0.2) is 0 Å². The topological polar surface area (TPSA) is 38.0 Å². The van der Waals surface area contributed by atoms with Crippen LogP contribution in [0.5, 0.6) is 0 Å². The SMILES string of the molecule is CCc1nn(C)cc1C(O)CCCc1ccccc1. The zero-order chi connectivity index (χ0) is 13.7.